The van der Waals surface area contributed by atoms with Crippen molar-refractivity contribution in [2.75, 3.05) is 32.8 Å². The van der Waals surface area contributed by atoms with Gasteiger partial charge in [0.2, 0.25) is 10.0 Å². The Morgan fingerprint density at radius 3 is 3.00 bits per heavy atom. The fourth-order valence-electron chi connectivity index (χ4n) is 2.34. The van der Waals surface area contributed by atoms with Crippen molar-refractivity contribution in [3.05, 3.63) is 29.3 Å². The third-order valence-corrected chi connectivity index (χ3v) is 5.07. The number of aliphatic hydroxyl groups is 1. The highest BCUT2D eigenvalue weighted by Crippen LogP contribution is 2.15. The lowest BCUT2D eigenvalue weighted by atomic mass is 10.2. The van der Waals surface area contributed by atoms with Crippen molar-refractivity contribution < 1.29 is 18.3 Å². The topological polar surface area (TPSA) is 78.9 Å². The van der Waals surface area contributed by atoms with E-state index < -0.39 is 16.1 Å². The molecule has 2 unspecified atom stereocenters. The van der Waals surface area contributed by atoms with Crippen molar-refractivity contribution in [3.8, 4) is 0 Å². The molecule has 1 heterocycles. The molecule has 0 spiro atoms. The molecule has 6 nitrogen and oxygen atoms in total. The van der Waals surface area contributed by atoms with E-state index in [1.54, 1.807) is 12.1 Å². The van der Waals surface area contributed by atoms with Gasteiger partial charge in [0.15, 0.2) is 0 Å². The molecule has 1 aliphatic heterocycles. The molecule has 0 amide bonds. The number of hydrogen-bond acceptors (Lipinski definition) is 5. The monoisotopic (exact) mass is 348 g/mol. The summed E-state index contributed by atoms with van der Waals surface area (Å²) in [5.74, 6) is 0. The van der Waals surface area contributed by atoms with Crippen LogP contribution in [0.25, 0.3) is 0 Å². The van der Waals surface area contributed by atoms with Crippen LogP contribution in [-0.2, 0) is 14.8 Å². The molecular weight excluding hydrogens is 328 g/mol. The number of nitrogens with zero attached hydrogens (tertiary/aromatic N) is 1. The van der Waals surface area contributed by atoms with Gasteiger partial charge in [0.1, 0.15) is 0 Å². The van der Waals surface area contributed by atoms with Crippen molar-refractivity contribution in [3.63, 3.8) is 0 Å². The number of sulfonamides is 1. The van der Waals surface area contributed by atoms with Gasteiger partial charge in [0, 0.05) is 31.2 Å². The van der Waals surface area contributed by atoms with Crippen molar-refractivity contribution in [2.24, 2.45) is 0 Å². The first-order valence-corrected chi connectivity index (χ1v) is 9.00. The Labute approximate surface area is 136 Å². The predicted octanol–water partition coefficient (Wildman–Crippen LogP) is 0.700. The lowest BCUT2D eigenvalue weighted by Crippen LogP contribution is -2.46. The number of hydrogen-bond donors (Lipinski definition) is 2. The highest BCUT2D eigenvalue weighted by Gasteiger charge is 2.21. The van der Waals surface area contributed by atoms with Crippen LogP contribution in [0.15, 0.2) is 29.2 Å². The largest absolute Gasteiger partial charge is 0.390 e. The standard InChI is InChI=1S/C14H21ClN2O4S/c1-11-9-17(5-6-21-11)10-13(18)8-16-22(19,20)14-4-2-3-12(15)7-14/h2-4,7,11,13,16,18H,5-6,8-10H2,1H3. The van der Waals surface area contributed by atoms with E-state index in [1.165, 1.54) is 12.1 Å². The summed E-state index contributed by atoms with van der Waals surface area (Å²) >= 11 is 5.80. The molecule has 1 aromatic rings. The molecule has 0 radical (unpaired) electrons. The average Bonchev–Trinajstić information content (AvgIpc) is 2.45. The number of benzene rings is 1. The molecule has 2 atom stereocenters. The first-order chi connectivity index (χ1) is 10.4. The summed E-state index contributed by atoms with van der Waals surface area (Å²) in [7, 11) is -3.67. The van der Waals surface area contributed by atoms with E-state index in [9.17, 15) is 13.5 Å². The maximum absolute atomic E-state index is 12.1. The van der Waals surface area contributed by atoms with Crippen LogP contribution in [0.5, 0.6) is 0 Å². The van der Waals surface area contributed by atoms with Gasteiger partial charge in [0.05, 0.1) is 23.7 Å². The summed E-state index contributed by atoms with van der Waals surface area (Å²) in [6.45, 7) is 4.44. The molecule has 2 N–H and O–H groups in total. The Bertz CT molecular complexity index is 596. The lowest BCUT2D eigenvalue weighted by molar-refractivity contribution is -0.0308. The van der Waals surface area contributed by atoms with Gasteiger partial charge in [-0.1, -0.05) is 17.7 Å². The van der Waals surface area contributed by atoms with Crippen LogP contribution >= 0.6 is 11.6 Å². The Kier molecular flexibility index (Phi) is 6.19. The molecule has 8 heteroatoms. The van der Waals surface area contributed by atoms with Crippen LogP contribution in [0, 0.1) is 0 Å². The van der Waals surface area contributed by atoms with Crippen LogP contribution in [0.1, 0.15) is 6.92 Å². The van der Waals surface area contributed by atoms with Crippen molar-refractivity contribution in [2.45, 2.75) is 24.0 Å². The first kappa shape index (κ1) is 17.7. The predicted molar refractivity (Wildman–Crippen MR) is 84.5 cm³/mol. The minimum Gasteiger partial charge on any atom is -0.390 e. The summed E-state index contributed by atoms with van der Waals surface area (Å²) in [5.41, 5.74) is 0. The quantitative estimate of drug-likeness (QED) is 0.791. The molecule has 22 heavy (non-hydrogen) atoms. The molecule has 1 fully saturated rings. The number of β-amino-alcohol motifs (C(OH)–C–C–N with tert-alkyl or cyclic N) is 1. The minimum absolute atomic E-state index is 0.0411. The number of ether oxygens (including phenoxy) is 1. The Morgan fingerprint density at radius 1 is 1.55 bits per heavy atom. The van der Waals surface area contributed by atoms with E-state index in [0.29, 0.717) is 18.2 Å². The van der Waals surface area contributed by atoms with Crippen molar-refractivity contribution in [1.29, 1.82) is 0 Å². The van der Waals surface area contributed by atoms with E-state index >= 15 is 0 Å². The van der Waals surface area contributed by atoms with Crippen LogP contribution in [-0.4, -0.2) is 63.4 Å². The molecule has 0 saturated carbocycles. The zero-order chi connectivity index (χ0) is 16.2. The second-order valence-electron chi connectivity index (χ2n) is 5.40. The van der Waals surface area contributed by atoms with Crippen LogP contribution in [0.4, 0.5) is 0 Å². The van der Waals surface area contributed by atoms with E-state index in [4.69, 9.17) is 16.3 Å². The van der Waals surface area contributed by atoms with E-state index in [0.717, 1.165) is 13.1 Å². The molecule has 0 bridgehead atoms. The van der Waals surface area contributed by atoms with Gasteiger partial charge in [-0.05, 0) is 25.1 Å². The second kappa shape index (κ2) is 7.72. The summed E-state index contributed by atoms with van der Waals surface area (Å²) in [4.78, 5) is 2.15. The number of aliphatic hydroxyl groups excluding tert-OH is 1. The Hall–Kier alpha value is -0.700. The van der Waals surface area contributed by atoms with Gasteiger partial charge in [-0.25, -0.2) is 13.1 Å². The fourth-order valence-corrected chi connectivity index (χ4v) is 3.72. The maximum Gasteiger partial charge on any atom is 0.240 e. The molecule has 1 saturated heterocycles. The average molecular weight is 349 g/mol. The minimum atomic E-state index is -3.67. The Morgan fingerprint density at radius 2 is 2.32 bits per heavy atom. The molecule has 2 rings (SSSR count). The number of rotatable bonds is 6. The third-order valence-electron chi connectivity index (χ3n) is 3.41. The molecule has 0 aliphatic carbocycles. The van der Waals surface area contributed by atoms with Crippen LogP contribution < -0.4 is 4.72 Å². The highest BCUT2D eigenvalue weighted by atomic mass is 35.5. The summed E-state index contributed by atoms with van der Waals surface area (Å²) in [6, 6.07) is 6.02. The van der Waals surface area contributed by atoms with E-state index in [2.05, 4.69) is 9.62 Å². The molecule has 0 aromatic heterocycles. The summed E-state index contributed by atoms with van der Waals surface area (Å²) in [5, 5.41) is 10.4. The van der Waals surface area contributed by atoms with Crippen LogP contribution in [0.2, 0.25) is 5.02 Å². The van der Waals surface area contributed by atoms with Gasteiger partial charge < -0.3 is 9.84 Å². The fraction of sp³-hybridized carbons (Fsp3) is 0.571. The van der Waals surface area contributed by atoms with Gasteiger partial charge >= 0.3 is 0 Å². The molecule has 1 aliphatic rings. The number of nitrogens with one attached hydrogen (secondary N) is 1. The smallest absolute Gasteiger partial charge is 0.240 e. The molecule has 1 aromatic carbocycles. The maximum atomic E-state index is 12.1. The van der Waals surface area contributed by atoms with E-state index in [1.807, 2.05) is 6.92 Å². The third kappa shape index (κ3) is 5.19. The van der Waals surface area contributed by atoms with E-state index in [-0.39, 0.29) is 17.5 Å². The Balaban J connectivity index is 1.86. The lowest BCUT2D eigenvalue weighted by Gasteiger charge is -2.32. The first-order valence-electron chi connectivity index (χ1n) is 7.14. The molecular formula is C14H21ClN2O4S. The van der Waals surface area contributed by atoms with Crippen molar-refractivity contribution in [1.82, 2.24) is 9.62 Å². The van der Waals surface area contributed by atoms with Gasteiger partial charge in [0.25, 0.3) is 0 Å². The van der Waals surface area contributed by atoms with Gasteiger partial charge in [-0.2, -0.15) is 0 Å². The van der Waals surface area contributed by atoms with Gasteiger partial charge in [-0.15, -0.1) is 0 Å². The SMILES string of the molecule is CC1CN(CC(O)CNS(=O)(=O)c2cccc(Cl)c2)CCO1. The molecule has 124 valence electrons. The number of halogens is 1. The number of morpholine rings is 1. The van der Waals surface area contributed by atoms with Crippen molar-refractivity contribution >= 4 is 21.6 Å². The summed E-state index contributed by atoms with van der Waals surface area (Å²) in [6.07, 6.45) is -0.650. The zero-order valence-electron chi connectivity index (χ0n) is 12.4. The highest BCUT2D eigenvalue weighted by molar-refractivity contribution is 7.89. The van der Waals surface area contributed by atoms with Crippen LogP contribution in [0.3, 0.4) is 0 Å². The second-order valence-corrected chi connectivity index (χ2v) is 7.61. The normalized spacial score (nSPS) is 21.7. The summed E-state index contributed by atoms with van der Waals surface area (Å²) < 4.78 is 32.1. The van der Waals surface area contributed by atoms with Gasteiger partial charge in [-0.3, -0.25) is 4.90 Å². The zero-order valence-corrected chi connectivity index (χ0v) is 14.0.